The Bertz CT molecular complexity index is 549. The lowest BCUT2D eigenvalue weighted by Gasteiger charge is -2.28. The predicted molar refractivity (Wildman–Crippen MR) is 68.1 cm³/mol. The number of nitrogens with two attached hydrogens (primary N) is 1. The number of pyridine rings is 1. The summed E-state index contributed by atoms with van der Waals surface area (Å²) in [6.45, 7) is 3.20. The van der Waals surface area contributed by atoms with Gasteiger partial charge in [-0.05, 0) is 22.0 Å². The fourth-order valence-electron chi connectivity index (χ4n) is 1.99. The number of halogens is 1. The molecule has 0 amide bonds. The molecule has 7 heteroatoms. The number of ether oxygens (including phenoxy) is 1. The van der Waals surface area contributed by atoms with Gasteiger partial charge in [0.2, 0.25) is 5.95 Å². The Labute approximate surface area is 106 Å². The summed E-state index contributed by atoms with van der Waals surface area (Å²) in [4.78, 5) is 6.49. The summed E-state index contributed by atoms with van der Waals surface area (Å²) >= 11 is 3.47. The van der Waals surface area contributed by atoms with Crippen molar-refractivity contribution < 1.29 is 4.74 Å². The van der Waals surface area contributed by atoms with E-state index in [9.17, 15) is 0 Å². The van der Waals surface area contributed by atoms with Gasteiger partial charge in [0.05, 0.1) is 18.9 Å². The highest BCUT2D eigenvalue weighted by Gasteiger charge is 2.17. The van der Waals surface area contributed by atoms with Crippen LogP contribution in [-0.2, 0) is 4.74 Å². The number of nitrogens with zero attached hydrogens (tertiary/aromatic N) is 4. The van der Waals surface area contributed by atoms with Crippen LogP contribution < -0.4 is 10.6 Å². The highest BCUT2D eigenvalue weighted by molar-refractivity contribution is 9.10. The normalized spacial score (nSPS) is 16.6. The quantitative estimate of drug-likeness (QED) is 0.847. The summed E-state index contributed by atoms with van der Waals surface area (Å²) in [5.74, 6) is 0.289. The van der Waals surface area contributed by atoms with Gasteiger partial charge >= 0.3 is 0 Å². The summed E-state index contributed by atoms with van der Waals surface area (Å²) < 4.78 is 8.00. The van der Waals surface area contributed by atoms with Gasteiger partial charge in [-0.2, -0.15) is 4.98 Å². The molecule has 1 fully saturated rings. The Morgan fingerprint density at radius 1 is 1.35 bits per heavy atom. The minimum Gasteiger partial charge on any atom is -0.378 e. The molecule has 0 unspecified atom stereocenters. The molecule has 17 heavy (non-hydrogen) atoms. The first-order valence-corrected chi connectivity index (χ1v) is 6.17. The van der Waals surface area contributed by atoms with Crippen LogP contribution in [0.25, 0.3) is 5.65 Å². The maximum Gasteiger partial charge on any atom is 0.240 e. The number of fused-ring (bicyclic) bond motifs is 1. The SMILES string of the molecule is Nc1nc2c(N3CCOCC3)cc(Br)cn2n1. The van der Waals surface area contributed by atoms with Crippen molar-refractivity contribution in [3.05, 3.63) is 16.7 Å². The molecule has 2 aromatic rings. The van der Waals surface area contributed by atoms with E-state index in [1.807, 2.05) is 12.3 Å². The summed E-state index contributed by atoms with van der Waals surface area (Å²) in [5.41, 5.74) is 7.46. The van der Waals surface area contributed by atoms with Crippen LogP contribution >= 0.6 is 15.9 Å². The lowest BCUT2D eigenvalue weighted by atomic mass is 10.3. The van der Waals surface area contributed by atoms with Gasteiger partial charge in [0.1, 0.15) is 0 Å². The van der Waals surface area contributed by atoms with E-state index in [-0.39, 0.29) is 5.95 Å². The molecule has 3 heterocycles. The molecular weight excluding hydrogens is 286 g/mol. The summed E-state index contributed by atoms with van der Waals surface area (Å²) in [5, 5.41) is 4.12. The van der Waals surface area contributed by atoms with Crippen LogP contribution in [0.15, 0.2) is 16.7 Å². The molecule has 1 saturated heterocycles. The van der Waals surface area contributed by atoms with Crippen molar-refractivity contribution in [1.29, 1.82) is 0 Å². The maximum atomic E-state index is 5.64. The third kappa shape index (κ3) is 1.96. The molecule has 90 valence electrons. The minimum absolute atomic E-state index is 0.289. The molecular formula is C10H12BrN5O. The van der Waals surface area contributed by atoms with Crippen molar-refractivity contribution in [3.8, 4) is 0 Å². The minimum atomic E-state index is 0.289. The molecule has 2 N–H and O–H groups in total. The monoisotopic (exact) mass is 297 g/mol. The van der Waals surface area contributed by atoms with Crippen LogP contribution in [0.3, 0.4) is 0 Å². The summed E-state index contributed by atoms with van der Waals surface area (Å²) in [7, 11) is 0. The molecule has 3 rings (SSSR count). The van der Waals surface area contributed by atoms with Gasteiger partial charge in [-0.1, -0.05) is 0 Å². The van der Waals surface area contributed by atoms with Crippen molar-refractivity contribution in [2.24, 2.45) is 0 Å². The third-order valence-corrected chi connectivity index (χ3v) is 3.18. The Kier molecular flexibility index (Phi) is 2.64. The second-order valence-corrected chi connectivity index (χ2v) is 4.80. The summed E-state index contributed by atoms with van der Waals surface area (Å²) in [6.07, 6.45) is 1.85. The molecule has 0 bridgehead atoms. The second-order valence-electron chi connectivity index (χ2n) is 3.88. The largest absolute Gasteiger partial charge is 0.378 e. The maximum absolute atomic E-state index is 5.64. The van der Waals surface area contributed by atoms with Crippen LogP contribution in [-0.4, -0.2) is 40.9 Å². The van der Waals surface area contributed by atoms with E-state index in [0.717, 1.165) is 42.1 Å². The van der Waals surface area contributed by atoms with E-state index < -0.39 is 0 Å². The highest BCUT2D eigenvalue weighted by atomic mass is 79.9. The number of hydrogen-bond donors (Lipinski definition) is 1. The van der Waals surface area contributed by atoms with Gasteiger partial charge in [-0.15, -0.1) is 5.10 Å². The van der Waals surface area contributed by atoms with Gasteiger partial charge in [0.25, 0.3) is 0 Å². The van der Waals surface area contributed by atoms with Crippen molar-refractivity contribution in [3.63, 3.8) is 0 Å². The molecule has 6 nitrogen and oxygen atoms in total. The van der Waals surface area contributed by atoms with Crippen LogP contribution in [0.5, 0.6) is 0 Å². The number of morpholine rings is 1. The Morgan fingerprint density at radius 3 is 2.88 bits per heavy atom. The average molecular weight is 298 g/mol. The zero-order valence-corrected chi connectivity index (χ0v) is 10.7. The average Bonchev–Trinajstić information content (AvgIpc) is 2.69. The first-order chi connectivity index (χ1) is 8.24. The number of aromatic nitrogens is 3. The smallest absolute Gasteiger partial charge is 0.240 e. The van der Waals surface area contributed by atoms with Gasteiger partial charge < -0.3 is 15.4 Å². The first kappa shape index (κ1) is 10.8. The van der Waals surface area contributed by atoms with Gasteiger partial charge in [-0.3, -0.25) is 0 Å². The van der Waals surface area contributed by atoms with Crippen molar-refractivity contribution >= 4 is 33.2 Å². The molecule has 0 spiro atoms. The number of anilines is 2. The van der Waals surface area contributed by atoms with E-state index in [1.165, 1.54) is 0 Å². The standard InChI is InChI=1S/C10H12BrN5O/c11-7-5-8(15-1-3-17-4-2-15)9-13-10(12)14-16(9)6-7/h5-6H,1-4H2,(H2,12,14). The fourth-order valence-corrected chi connectivity index (χ4v) is 2.40. The Hall–Kier alpha value is -1.34. The van der Waals surface area contributed by atoms with E-state index in [4.69, 9.17) is 10.5 Å². The second kappa shape index (κ2) is 4.15. The number of nitrogen functional groups attached to an aromatic ring is 1. The molecule has 2 aromatic heterocycles. The van der Waals surface area contributed by atoms with Gasteiger partial charge in [0.15, 0.2) is 5.65 Å². The van der Waals surface area contributed by atoms with E-state index in [2.05, 4.69) is 30.9 Å². The third-order valence-electron chi connectivity index (χ3n) is 2.75. The van der Waals surface area contributed by atoms with Crippen LogP contribution in [0.4, 0.5) is 11.6 Å². The van der Waals surface area contributed by atoms with Crippen molar-refractivity contribution in [2.45, 2.75) is 0 Å². The van der Waals surface area contributed by atoms with Crippen LogP contribution in [0.2, 0.25) is 0 Å². The number of hydrogen-bond acceptors (Lipinski definition) is 5. The van der Waals surface area contributed by atoms with E-state index >= 15 is 0 Å². The lowest BCUT2D eigenvalue weighted by molar-refractivity contribution is 0.123. The Balaban J connectivity index is 2.12. The topological polar surface area (TPSA) is 68.7 Å². The summed E-state index contributed by atoms with van der Waals surface area (Å²) in [6, 6.07) is 2.04. The molecule has 0 saturated carbocycles. The van der Waals surface area contributed by atoms with Crippen LogP contribution in [0, 0.1) is 0 Å². The van der Waals surface area contributed by atoms with E-state index in [0.29, 0.717) is 0 Å². The molecule has 0 radical (unpaired) electrons. The molecule has 0 aromatic carbocycles. The van der Waals surface area contributed by atoms with Gasteiger partial charge in [-0.25, -0.2) is 4.52 Å². The first-order valence-electron chi connectivity index (χ1n) is 5.38. The Morgan fingerprint density at radius 2 is 2.12 bits per heavy atom. The molecule has 0 aliphatic carbocycles. The fraction of sp³-hybridized carbons (Fsp3) is 0.400. The molecule has 0 atom stereocenters. The van der Waals surface area contributed by atoms with Crippen LogP contribution in [0.1, 0.15) is 0 Å². The number of rotatable bonds is 1. The highest BCUT2D eigenvalue weighted by Crippen LogP contribution is 2.25. The van der Waals surface area contributed by atoms with Gasteiger partial charge in [0, 0.05) is 23.8 Å². The molecule has 1 aliphatic heterocycles. The predicted octanol–water partition coefficient (Wildman–Crippen LogP) is 0.911. The zero-order valence-electron chi connectivity index (χ0n) is 9.14. The molecule has 1 aliphatic rings. The van der Waals surface area contributed by atoms with Crippen molar-refractivity contribution in [2.75, 3.05) is 36.9 Å². The van der Waals surface area contributed by atoms with Crippen molar-refractivity contribution in [1.82, 2.24) is 14.6 Å². The van der Waals surface area contributed by atoms with E-state index in [1.54, 1.807) is 4.52 Å². The lowest BCUT2D eigenvalue weighted by Crippen LogP contribution is -2.36. The zero-order chi connectivity index (χ0) is 11.8.